The summed E-state index contributed by atoms with van der Waals surface area (Å²) in [5.41, 5.74) is 1.44. The number of rotatable bonds is 11. The number of likely N-dealkylation sites (tertiary alicyclic amines) is 1. The first-order valence-electron chi connectivity index (χ1n) is 14.8. The molecule has 1 aromatic carbocycles. The highest BCUT2D eigenvalue weighted by Gasteiger charge is 2.23. The normalized spacial score (nSPS) is 16.4. The van der Waals surface area contributed by atoms with Gasteiger partial charge in [0.25, 0.3) is 0 Å². The smallest absolute Gasteiger partial charge is 0.328 e. The van der Waals surface area contributed by atoms with E-state index in [1.165, 1.54) is 77.1 Å². The fraction of sp³-hybridized carbons (Fsp3) is 0.438. The molecule has 2 aliphatic heterocycles. The van der Waals surface area contributed by atoms with Gasteiger partial charge in [-0.3, -0.25) is 9.80 Å². The van der Waals surface area contributed by atoms with E-state index >= 15 is 0 Å². The van der Waals surface area contributed by atoms with Gasteiger partial charge in [0.15, 0.2) is 0 Å². The molecule has 0 spiro atoms. The lowest BCUT2D eigenvalue weighted by atomic mass is 10.1. The Labute approximate surface area is 273 Å². The molecule has 0 amide bonds. The predicted octanol–water partition coefficient (Wildman–Crippen LogP) is 2.20. The highest BCUT2D eigenvalue weighted by atomic mass is 16.4. The van der Waals surface area contributed by atoms with Gasteiger partial charge in [0.2, 0.25) is 0 Å². The standard InChI is InChI=1S/C20H33N3.3C4H4O4/c1-19(17-21-11-7-2-3-8-12-21)23-15-13-22(14-16-23)18-20-9-5-4-6-10-20;3*5-3(6)1-2-4(7)8/h4-6,9-10,19H,2-3,7-8,11-18H2,1H3;3*1-2H,(H,5,6)(H,7,8)/b;3*2-1-. The second-order valence-electron chi connectivity index (χ2n) is 10.4. The van der Waals surface area contributed by atoms with Crippen molar-refractivity contribution in [3.8, 4) is 0 Å². The lowest BCUT2D eigenvalue weighted by Crippen LogP contribution is -2.52. The Morgan fingerprint density at radius 3 is 1.26 bits per heavy atom. The van der Waals surface area contributed by atoms with Crippen LogP contribution in [0.15, 0.2) is 66.8 Å². The summed E-state index contributed by atoms with van der Waals surface area (Å²) in [6, 6.07) is 11.6. The molecule has 3 rings (SSSR count). The Morgan fingerprint density at radius 1 is 0.553 bits per heavy atom. The Morgan fingerprint density at radius 2 is 0.915 bits per heavy atom. The summed E-state index contributed by atoms with van der Waals surface area (Å²) >= 11 is 0. The van der Waals surface area contributed by atoms with E-state index in [1.54, 1.807) is 0 Å². The van der Waals surface area contributed by atoms with E-state index in [2.05, 4.69) is 52.0 Å². The van der Waals surface area contributed by atoms with E-state index in [1.807, 2.05) is 0 Å². The van der Waals surface area contributed by atoms with E-state index in [0.29, 0.717) is 42.5 Å². The van der Waals surface area contributed by atoms with E-state index in [-0.39, 0.29) is 0 Å². The molecule has 2 saturated heterocycles. The van der Waals surface area contributed by atoms with Crippen molar-refractivity contribution in [3.63, 3.8) is 0 Å². The van der Waals surface area contributed by atoms with Gasteiger partial charge >= 0.3 is 35.8 Å². The molecule has 0 aliphatic carbocycles. The number of aliphatic carboxylic acids is 6. The van der Waals surface area contributed by atoms with Crippen molar-refractivity contribution in [2.24, 2.45) is 0 Å². The minimum absolute atomic E-state index is 0.558. The summed E-state index contributed by atoms with van der Waals surface area (Å²) in [6.45, 7) is 12.3. The van der Waals surface area contributed by atoms with Crippen LogP contribution in [0.2, 0.25) is 0 Å². The maximum absolute atomic E-state index is 9.55. The topological polar surface area (TPSA) is 234 Å². The predicted molar refractivity (Wildman–Crippen MR) is 171 cm³/mol. The van der Waals surface area contributed by atoms with Crippen molar-refractivity contribution < 1.29 is 59.4 Å². The molecule has 1 atom stereocenters. The summed E-state index contributed by atoms with van der Waals surface area (Å²) in [5.74, 6) is -7.54. The molecule has 47 heavy (non-hydrogen) atoms. The van der Waals surface area contributed by atoms with Crippen molar-refractivity contribution in [2.45, 2.75) is 45.2 Å². The third-order valence-electron chi connectivity index (χ3n) is 6.61. The highest BCUT2D eigenvalue weighted by molar-refractivity contribution is 5.90. The highest BCUT2D eigenvalue weighted by Crippen LogP contribution is 2.14. The number of benzene rings is 1. The number of piperazine rings is 1. The van der Waals surface area contributed by atoms with Crippen LogP contribution in [-0.4, -0.2) is 133 Å². The van der Waals surface area contributed by atoms with Crippen molar-refractivity contribution in [3.05, 3.63) is 72.4 Å². The number of hydrogen-bond acceptors (Lipinski definition) is 9. The van der Waals surface area contributed by atoms with Crippen LogP contribution in [0.1, 0.15) is 38.2 Å². The number of carboxylic acids is 6. The maximum Gasteiger partial charge on any atom is 0.328 e. The molecule has 0 radical (unpaired) electrons. The summed E-state index contributed by atoms with van der Waals surface area (Å²) < 4.78 is 0. The van der Waals surface area contributed by atoms with Crippen LogP contribution in [0.4, 0.5) is 0 Å². The first kappa shape index (κ1) is 42.1. The first-order chi connectivity index (χ1) is 22.2. The monoisotopic (exact) mass is 663 g/mol. The van der Waals surface area contributed by atoms with Crippen molar-refractivity contribution in [1.82, 2.24) is 14.7 Å². The average Bonchev–Trinajstić information content (AvgIpc) is 3.28. The summed E-state index contributed by atoms with van der Waals surface area (Å²) in [6.07, 6.45) is 9.02. The van der Waals surface area contributed by atoms with Crippen LogP contribution in [0.25, 0.3) is 0 Å². The lowest BCUT2D eigenvalue weighted by Gasteiger charge is -2.39. The molecule has 0 saturated carbocycles. The maximum atomic E-state index is 9.55. The van der Waals surface area contributed by atoms with Gasteiger partial charge in [-0.25, -0.2) is 28.8 Å². The van der Waals surface area contributed by atoms with Gasteiger partial charge in [-0.05, 0) is 38.4 Å². The van der Waals surface area contributed by atoms with E-state index < -0.39 is 35.8 Å². The van der Waals surface area contributed by atoms with E-state index in [9.17, 15) is 28.8 Å². The zero-order valence-corrected chi connectivity index (χ0v) is 26.4. The molecular weight excluding hydrogens is 618 g/mol. The average molecular weight is 664 g/mol. The number of hydrogen-bond donors (Lipinski definition) is 6. The number of carbonyl (C=O) groups is 6. The summed E-state index contributed by atoms with van der Waals surface area (Å²) in [7, 11) is 0. The van der Waals surface area contributed by atoms with Crippen molar-refractivity contribution in [1.29, 1.82) is 0 Å². The van der Waals surface area contributed by atoms with Gasteiger partial charge in [0.1, 0.15) is 0 Å². The van der Waals surface area contributed by atoms with Gasteiger partial charge in [-0.1, -0.05) is 43.2 Å². The molecule has 2 fully saturated rings. The fourth-order valence-electron chi connectivity index (χ4n) is 4.44. The zero-order valence-electron chi connectivity index (χ0n) is 26.4. The Bertz CT molecular complexity index is 1070. The molecule has 0 aromatic heterocycles. The van der Waals surface area contributed by atoms with Crippen LogP contribution in [0.3, 0.4) is 0 Å². The molecule has 2 aliphatic rings. The number of carboxylic acid groups (broad SMARTS) is 6. The molecule has 15 nitrogen and oxygen atoms in total. The second kappa shape index (κ2) is 25.3. The van der Waals surface area contributed by atoms with E-state index in [0.717, 1.165) is 6.54 Å². The Kier molecular flexibility index (Phi) is 22.7. The summed E-state index contributed by atoms with van der Waals surface area (Å²) in [4.78, 5) is 65.3. The Balaban J connectivity index is 0.000000727. The van der Waals surface area contributed by atoms with Crippen molar-refractivity contribution in [2.75, 3.05) is 45.8 Å². The molecule has 15 heteroatoms. The van der Waals surface area contributed by atoms with Gasteiger partial charge in [0, 0.05) is 81.8 Å². The minimum Gasteiger partial charge on any atom is -0.478 e. The van der Waals surface area contributed by atoms with Gasteiger partial charge < -0.3 is 35.5 Å². The van der Waals surface area contributed by atoms with Gasteiger partial charge in [0.05, 0.1) is 0 Å². The zero-order chi connectivity index (χ0) is 35.6. The number of nitrogens with zero attached hydrogens (tertiary/aromatic N) is 3. The van der Waals surface area contributed by atoms with Crippen LogP contribution in [-0.2, 0) is 35.3 Å². The lowest BCUT2D eigenvalue weighted by molar-refractivity contribution is -0.134. The van der Waals surface area contributed by atoms with Crippen LogP contribution >= 0.6 is 0 Å². The molecule has 0 bridgehead atoms. The molecule has 1 unspecified atom stereocenters. The van der Waals surface area contributed by atoms with Gasteiger partial charge in [-0.2, -0.15) is 0 Å². The van der Waals surface area contributed by atoms with Crippen LogP contribution < -0.4 is 0 Å². The van der Waals surface area contributed by atoms with Crippen molar-refractivity contribution >= 4 is 35.8 Å². The molecular formula is C32H45N3O12. The van der Waals surface area contributed by atoms with Crippen LogP contribution in [0, 0.1) is 0 Å². The SMILES string of the molecule is CC(CN1CCCCCC1)N1CCN(Cc2ccccc2)CC1.O=C(O)/C=C\C(=O)O.O=C(O)/C=C\C(=O)O.O=C(O)/C=C\C(=O)O. The van der Waals surface area contributed by atoms with Gasteiger partial charge in [-0.15, -0.1) is 0 Å². The third kappa shape index (κ3) is 26.1. The third-order valence-corrected chi connectivity index (χ3v) is 6.61. The van der Waals surface area contributed by atoms with Crippen LogP contribution in [0.5, 0.6) is 0 Å². The fourth-order valence-corrected chi connectivity index (χ4v) is 4.44. The molecule has 1 aromatic rings. The minimum atomic E-state index is -1.26. The second-order valence-corrected chi connectivity index (χ2v) is 10.4. The molecule has 6 N–H and O–H groups in total. The molecule has 260 valence electrons. The largest absolute Gasteiger partial charge is 0.478 e. The Hall–Kier alpha value is -4.86. The first-order valence-corrected chi connectivity index (χ1v) is 14.8. The van der Waals surface area contributed by atoms with E-state index in [4.69, 9.17) is 30.6 Å². The summed E-state index contributed by atoms with van der Waals surface area (Å²) in [5, 5.41) is 46.9. The molecule has 2 heterocycles. The quantitative estimate of drug-likeness (QED) is 0.186.